The van der Waals surface area contributed by atoms with Gasteiger partial charge in [-0.2, -0.15) is 4.31 Å². The highest BCUT2D eigenvalue weighted by atomic mass is 32.2. The van der Waals surface area contributed by atoms with Gasteiger partial charge < -0.3 is 5.32 Å². The van der Waals surface area contributed by atoms with Crippen molar-refractivity contribution < 1.29 is 21.6 Å². The smallest absolute Gasteiger partial charge is 0.243 e. The minimum Gasteiger partial charge on any atom is -0.351 e. The van der Waals surface area contributed by atoms with Gasteiger partial charge in [0.2, 0.25) is 15.9 Å². The van der Waals surface area contributed by atoms with Crippen molar-refractivity contribution >= 4 is 25.8 Å². The van der Waals surface area contributed by atoms with E-state index in [9.17, 15) is 21.6 Å². The lowest BCUT2D eigenvalue weighted by molar-refractivity contribution is -0.121. The third kappa shape index (κ3) is 4.60. The molecule has 0 aliphatic carbocycles. The predicted molar refractivity (Wildman–Crippen MR) is 107 cm³/mol. The summed E-state index contributed by atoms with van der Waals surface area (Å²) in [6, 6.07) is 15.3. The van der Waals surface area contributed by atoms with Crippen molar-refractivity contribution in [2.45, 2.75) is 17.4 Å². The molecule has 1 saturated heterocycles. The summed E-state index contributed by atoms with van der Waals surface area (Å²) in [5, 5.41) is 2.61. The number of benzene rings is 2. The molecule has 3 rings (SSSR count). The summed E-state index contributed by atoms with van der Waals surface area (Å²) in [6.07, 6.45) is 0.349. The minimum absolute atomic E-state index is 0.0382. The molecular formula is C19H22N2O5S2. The molecular weight excluding hydrogens is 400 g/mol. The number of rotatable bonds is 6. The topological polar surface area (TPSA) is 101 Å². The highest BCUT2D eigenvalue weighted by Crippen LogP contribution is 2.28. The molecule has 0 radical (unpaired) electrons. The summed E-state index contributed by atoms with van der Waals surface area (Å²) in [4.78, 5) is 12.4. The van der Waals surface area contributed by atoms with Crippen molar-refractivity contribution in [3.63, 3.8) is 0 Å². The number of nitrogens with zero attached hydrogens (tertiary/aromatic N) is 1. The fourth-order valence-corrected chi connectivity index (χ4v) is 6.20. The predicted octanol–water partition coefficient (Wildman–Crippen LogP) is 1.28. The first-order valence-electron chi connectivity index (χ1n) is 8.80. The second kappa shape index (κ2) is 8.02. The van der Waals surface area contributed by atoms with Gasteiger partial charge in [-0.3, -0.25) is 4.79 Å². The summed E-state index contributed by atoms with van der Waals surface area (Å²) in [5.41, 5.74) is 1.31. The third-order valence-electron chi connectivity index (χ3n) is 4.62. The van der Waals surface area contributed by atoms with Crippen LogP contribution in [0.2, 0.25) is 0 Å². The van der Waals surface area contributed by atoms with Gasteiger partial charge >= 0.3 is 0 Å². The lowest BCUT2D eigenvalue weighted by Crippen LogP contribution is -2.43. The molecule has 1 unspecified atom stereocenters. The molecule has 1 heterocycles. The molecule has 9 heteroatoms. The molecule has 1 aliphatic rings. The van der Waals surface area contributed by atoms with Crippen LogP contribution >= 0.6 is 0 Å². The van der Waals surface area contributed by atoms with Crippen LogP contribution in [0.15, 0.2) is 59.5 Å². The number of hydrogen-bond donors (Lipinski definition) is 1. The molecule has 7 nitrogen and oxygen atoms in total. The SMILES string of the molecule is CN(CC(=O)NC1CCS(=O)(=O)C1)S(=O)(=O)c1ccccc1-c1ccccc1. The van der Waals surface area contributed by atoms with Crippen molar-refractivity contribution in [2.75, 3.05) is 25.1 Å². The van der Waals surface area contributed by atoms with Crippen molar-refractivity contribution in [3.05, 3.63) is 54.6 Å². The summed E-state index contributed by atoms with van der Waals surface area (Å²) in [5.74, 6) is -0.590. The maximum Gasteiger partial charge on any atom is 0.243 e. The number of hydrogen-bond acceptors (Lipinski definition) is 5. The van der Waals surface area contributed by atoms with Crippen LogP contribution in [0, 0.1) is 0 Å². The second-order valence-corrected chi connectivity index (χ2v) is 11.0. The van der Waals surface area contributed by atoms with Gasteiger partial charge in [0.1, 0.15) is 0 Å². The van der Waals surface area contributed by atoms with E-state index in [1.54, 1.807) is 18.2 Å². The largest absolute Gasteiger partial charge is 0.351 e. The molecule has 1 atom stereocenters. The van der Waals surface area contributed by atoms with Gasteiger partial charge in [-0.1, -0.05) is 48.5 Å². The van der Waals surface area contributed by atoms with Crippen LogP contribution in [0.3, 0.4) is 0 Å². The zero-order valence-electron chi connectivity index (χ0n) is 15.4. The standard InChI is InChI=1S/C19H22N2O5S2/c1-21(13-19(22)20-16-11-12-27(23,24)14-16)28(25,26)18-10-6-5-9-17(18)15-7-3-2-4-8-15/h2-10,16H,11-14H2,1H3,(H,20,22). The zero-order valence-corrected chi connectivity index (χ0v) is 17.0. The first-order chi connectivity index (χ1) is 13.2. The lowest BCUT2D eigenvalue weighted by atomic mass is 10.1. The molecule has 1 aliphatic heterocycles. The third-order valence-corrected chi connectivity index (χ3v) is 8.25. The molecule has 28 heavy (non-hydrogen) atoms. The molecule has 2 aromatic carbocycles. The van der Waals surface area contributed by atoms with Crippen molar-refractivity contribution in [2.24, 2.45) is 0 Å². The molecule has 0 saturated carbocycles. The van der Waals surface area contributed by atoms with E-state index >= 15 is 0 Å². The van der Waals surface area contributed by atoms with Gasteiger partial charge in [-0.25, -0.2) is 16.8 Å². The summed E-state index contributed by atoms with van der Waals surface area (Å²) in [6.45, 7) is -0.387. The minimum atomic E-state index is -3.92. The molecule has 0 aromatic heterocycles. The number of likely N-dealkylation sites (N-methyl/N-ethyl adjacent to an activating group) is 1. The average Bonchev–Trinajstić information content (AvgIpc) is 3.00. The van der Waals surface area contributed by atoms with Crippen LogP contribution in [0.25, 0.3) is 11.1 Å². The first-order valence-corrected chi connectivity index (χ1v) is 12.1. The van der Waals surface area contributed by atoms with Crippen LogP contribution in [0.5, 0.6) is 0 Å². The summed E-state index contributed by atoms with van der Waals surface area (Å²) in [7, 11) is -5.70. The Labute approximate surface area is 165 Å². The molecule has 1 fully saturated rings. The van der Waals surface area contributed by atoms with Crippen molar-refractivity contribution in [1.82, 2.24) is 9.62 Å². The van der Waals surface area contributed by atoms with Crippen LogP contribution in [-0.4, -0.2) is 58.2 Å². The fourth-order valence-electron chi connectivity index (χ4n) is 3.19. The number of carbonyl (C=O) groups excluding carboxylic acids is 1. The molecule has 150 valence electrons. The molecule has 1 N–H and O–H groups in total. The Kier molecular flexibility index (Phi) is 5.87. The van der Waals surface area contributed by atoms with E-state index in [4.69, 9.17) is 0 Å². The van der Waals surface area contributed by atoms with E-state index in [2.05, 4.69) is 5.32 Å². The van der Waals surface area contributed by atoms with E-state index in [-0.39, 0.29) is 22.9 Å². The Balaban J connectivity index is 1.77. The Bertz CT molecular complexity index is 1070. The Morgan fingerprint density at radius 2 is 1.75 bits per heavy atom. The Hall–Kier alpha value is -2.23. The van der Waals surface area contributed by atoms with Crippen LogP contribution in [-0.2, 0) is 24.7 Å². The summed E-state index contributed by atoms with van der Waals surface area (Å²) < 4.78 is 50.1. The molecule has 2 aromatic rings. The first kappa shape index (κ1) is 20.5. The van der Waals surface area contributed by atoms with Crippen LogP contribution in [0.4, 0.5) is 0 Å². The number of sulfonamides is 1. The Morgan fingerprint density at radius 1 is 1.11 bits per heavy atom. The molecule has 0 bridgehead atoms. The highest BCUT2D eigenvalue weighted by molar-refractivity contribution is 7.91. The lowest BCUT2D eigenvalue weighted by Gasteiger charge is -2.20. The Morgan fingerprint density at radius 3 is 2.39 bits per heavy atom. The van der Waals surface area contributed by atoms with E-state index in [0.29, 0.717) is 12.0 Å². The number of sulfone groups is 1. The zero-order chi connectivity index (χ0) is 20.4. The maximum atomic E-state index is 13.1. The van der Waals surface area contributed by atoms with Gasteiger partial charge in [0.05, 0.1) is 22.9 Å². The van der Waals surface area contributed by atoms with Gasteiger partial charge in [-0.15, -0.1) is 0 Å². The number of nitrogens with one attached hydrogen (secondary N) is 1. The van der Waals surface area contributed by atoms with Gasteiger partial charge in [0.15, 0.2) is 9.84 Å². The van der Waals surface area contributed by atoms with Crippen LogP contribution in [0.1, 0.15) is 6.42 Å². The monoisotopic (exact) mass is 422 g/mol. The molecule has 0 spiro atoms. The normalized spacial score (nSPS) is 18.9. The van der Waals surface area contributed by atoms with Crippen LogP contribution < -0.4 is 5.32 Å². The quantitative estimate of drug-likeness (QED) is 0.756. The fraction of sp³-hybridized carbons (Fsp3) is 0.316. The second-order valence-electron chi connectivity index (χ2n) is 6.79. The van der Waals surface area contributed by atoms with E-state index in [1.165, 1.54) is 13.1 Å². The van der Waals surface area contributed by atoms with Crippen molar-refractivity contribution in [1.29, 1.82) is 0 Å². The van der Waals surface area contributed by atoms with Gasteiger partial charge in [0.25, 0.3) is 0 Å². The number of carbonyl (C=O) groups is 1. The molecule has 1 amide bonds. The van der Waals surface area contributed by atoms with E-state index in [1.807, 2.05) is 30.3 Å². The maximum absolute atomic E-state index is 13.1. The average molecular weight is 423 g/mol. The van der Waals surface area contributed by atoms with E-state index in [0.717, 1.165) is 9.87 Å². The highest BCUT2D eigenvalue weighted by Gasteiger charge is 2.31. The van der Waals surface area contributed by atoms with Gasteiger partial charge in [-0.05, 0) is 18.1 Å². The van der Waals surface area contributed by atoms with Gasteiger partial charge in [0, 0.05) is 18.7 Å². The van der Waals surface area contributed by atoms with E-state index < -0.39 is 31.8 Å². The summed E-state index contributed by atoms with van der Waals surface area (Å²) >= 11 is 0. The van der Waals surface area contributed by atoms with Crippen molar-refractivity contribution in [3.8, 4) is 11.1 Å². The number of amides is 1.